The Morgan fingerprint density at radius 1 is 1.27 bits per heavy atom. The zero-order valence-corrected chi connectivity index (χ0v) is 15.6. The molecule has 2 N–H and O–H groups in total. The molecule has 0 radical (unpaired) electrons. The molecule has 1 saturated heterocycles. The van der Waals surface area contributed by atoms with Crippen molar-refractivity contribution in [2.75, 3.05) is 44.7 Å². The zero-order chi connectivity index (χ0) is 18.4. The van der Waals surface area contributed by atoms with E-state index < -0.39 is 0 Å². The van der Waals surface area contributed by atoms with E-state index in [1.54, 1.807) is 12.3 Å². The number of nitrogens with one attached hydrogen (secondary N) is 2. The van der Waals surface area contributed by atoms with E-state index in [4.69, 9.17) is 16.3 Å². The molecule has 1 aromatic heterocycles. The van der Waals surface area contributed by atoms with Crippen molar-refractivity contribution >= 4 is 28.9 Å². The second kappa shape index (κ2) is 8.98. The third kappa shape index (κ3) is 5.17. The van der Waals surface area contributed by atoms with Crippen molar-refractivity contribution in [1.29, 1.82) is 0 Å². The van der Waals surface area contributed by atoms with E-state index in [0.717, 1.165) is 49.8 Å². The van der Waals surface area contributed by atoms with Crippen LogP contribution in [-0.2, 0) is 4.74 Å². The summed E-state index contributed by atoms with van der Waals surface area (Å²) in [5, 5.41) is 6.85. The minimum absolute atomic E-state index is 0.163. The molecule has 6 nitrogen and oxygen atoms in total. The first kappa shape index (κ1) is 18.6. The molecule has 1 amide bonds. The molecule has 2 heterocycles. The fourth-order valence-electron chi connectivity index (χ4n) is 2.73. The summed E-state index contributed by atoms with van der Waals surface area (Å²) in [7, 11) is 0. The number of aromatic nitrogens is 1. The fraction of sp³-hybridized carbons (Fsp3) is 0.368. The Bertz CT molecular complexity index is 746. The van der Waals surface area contributed by atoms with E-state index in [1.807, 2.05) is 31.2 Å². The zero-order valence-electron chi connectivity index (χ0n) is 14.8. The molecule has 0 saturated carbocycles. The van der Waals surface area contributed by atoms with Crippen molar-refractivity contribution in [2.45, 2.75) is 6.92 Å². The number of anilines is 2. The molecule has 2 aromatic rings. The van der Waals surface area contributed by atoms with Gasteiger partial charge in [0.15, 0.2) is 0 Å². The summed E-state index contributed by atoms with van der Waals surface area (Å²) >= 11 is 6.04. The summed E-state index contributed by atoms with van der Waals surface area (Å²) in [4.78, 5) is 18.7. The van der Waals surface area contributed by atoms with Gasteiger partial charge in [-0.2, -0.15) is 0 Å². The second-order valence-electron chi connectivity index (χ2n) is 6.23. The number of amides is 1. The lowest BCUT2D eigenvalue weighted by Gasteiger charge is -2.26. The first-order valence-electron chi connectivity index (χ1n) is 8.69. The molecule has 0 aliphatic carbocycles. The summed E-state index contributed by atoms with van der Waals surface area (Å²) in [5.41, 5.74) is 3.21. The number of aryl methyl sites for hydroxylation is 1. The Morgan fingerprint density at radius 2 is 2.08 bits per heavy atom. The van der Waals surface area contributed by atoms with Gasteiger partial charge in [-0.1, -0.05) is 17.7 Å². The Morgan fingerprint density at radius 3 is 2.81 bits per heavy atom. The molecule has 0 spiro atoms. The first-order valence-corrected chi connectivity index (χ1v) is 9.07. The third-order valence-corrected chi connectivity index (χ3v) is 4.53. The van der Waals surface area contributed by atoms with Gasteiger partial charge >= 0.3 is 0 Å². The van der Waals surface area contributed by atoms with Crippen LogP contribution in [0.5, 0.6) is 0 Å². The lowest BCUT2D eigenvalue weighted by molar-refractivity contribution is 0.0383. The fourth-order valence-corrected chi connectivity index (χ4v) is 2.90. The van der Waals surface area contributed by atoms with Crippen molar-refractivity contribution in [2.24, 2.45) is 0 Å². The standard InChI is InChI=1S/C19H23ClN4O2/c1-14-2-3-15(20)12-18(14)23-16-4-5-17(22-13-16)19(25)21-6-7-24-8-10-26-11-9-24/h2-5,12-13,23H,6-11H2,1H3,(H,21,25). The Hall–Kier alpha value is -2.15. The van der Waals surface area contributed by atoms with Crippen molar-refractivity contribution in [3.8, 4) is 0 Å². The predicted molar refractivity (Wildman–Crippen MR) is 103 cm³/mol. The van der Waals surface area contributed by atoms with Crippen molar-refractivity contribution in [1.82, 2.24) is 15.2 Å². The van der Waals surface area contributed by atoms with E-state index in [1.165, 1.54) is 0 Å². The van der Waals surface area contributed by atoms with E-state index in [0.29, 0.717) is 17.3 Å². The van der Waals surface area contributed by atoms with Crippen LogP contribution in [0.3, 0.4) is 0 Å². The molecule has 0 unspecified atom stereocenters. The normalized spacial score (nSPS) is 14.8. The largest absolute Gasteiger partial charge is 0.379 e. The van der Waals surface area contributed by atoms with Gasteiger partial charge in [-0.05, 0) is 36.8 Å². The highest BCUT2D eigenvalue weighted by atomic mass is 35.5. The maximum absolute atomic E-state index is 12.2. The van der Waals surface area contributed by atoms with E-state index in [9.17, 15) is 4.79 Å². The van der Waals surface area contributed by atoms with E-state index in [2.05, 4.69) is 20.5 Å². The van der Waals surface area contributed by atoms with Crippen LogP contribution in [0.2, 0.25) is 5.02 Å². The van der Waals surface area contributed by atoms with Gasteiger partial charge in [-0.3, -0.25) is 9.69 Å². The van der Waals surface area contributed by atoms with Crippen LogP contribution in [0.4, 0.5) is 11.4 Å². The number of hydrogen-bond donors (Lipinski definition) is 2. The molecule has 1 aliphatic heterocycles. The lowest BCUT2D eigenvalue weighted by Crippen LogP contribution is -2.41. The number of halogens is 1. The number of carbonyl (C=O) groups is 1. The molecule has 0 atom stereocenters. The van der Waals surface area contributed by atoms with Gasteiger partial charge in [0.1, 0.15) is 5.69 Å². The molecule has 138 valence electrons. The maximum Gasteiger partial charge on any atom is 0.269 e. The van der Waals surface area contributed by atoms with Crippen LogP contribution in [0.15, 0.2) is 36.5 Å². The van der Waals surface area contributed by atoms with Crippen LogP contribution in [0, 0.1) is 6.92 Å². The highest BCUT2D eigenvalue weighted by Crippen LogP contribution is 2.23. The Balaban J connectivity index is 1.51. The first-order chi connectivity index (χ1) is 12.6. The topological polar surface area (TPSA) is 66.5 Å². The summed E-state index contributed by atoms with van der Waals surface area (Å²) in [6.45, 7) is 6.77. The Labute approximate surface area is 158 Å². The molecule has 7 heteroatoms. The molecular formula is C19H23ClN4O2. The molecule has 3 rings (SSSR count). The monoisotopic (exact) mass is 374 g/mol. The van der Waals surface area contributed by atoms with Crippen LogP contribution >= 0.6 is 11.6 Å². The molecule has 0 bridgehead atoms. The number of rotatable bonds is 6. The van der Waals surface area contributed by atoms with E-state index >= 15 is 0 Å². The van der Waals surface area contributed by atoms with Gasteiger partial charge in [0, 0.05) is 36.9 Å². The van der Waals surface area contributed by atoms with Crippen molar-refractivity contribution in [3.05, 3.63) is 52.8 Å². The third-order valence-electron chi connectivity index (χ3n) is 4.29. The van der Waals surface area contributed by atoms with Gasteiger partial charge in [-0.15, -0.1) is 0 Å². The summed E-state index contributed by atoms with van der Waals surface area (Å²) in [6, 6.07) is 9.22. The molecule has 26 heavy (non-hydrogen) atoms. The Kier molecular flexibility index (Phi) is 6.44. The van der Waals surface area contributed by atoms with Crippen LogP contribution < -0.4 is 10.6 Å². The van der Waals surface area contributed by atoms with Gasteiger partial charge in [-0.25, -0.2) is 4.98 Å². The highest BCUT2D eigenvalue weighted by molar-refractivity contribution is 6.30. The van der Waals surface area contributed by atoms with Gasteiger partial charge in [0.25, 0.3) is 5.91 Å². The minimum atomic E-state index is -0.163. The number of pyridine rings is 1. The van der Waals surface area contributed by atoms with Crippen LogP contribution in [0.25, 0.3) is 0 Å². The number of ether oxygens (including phenoxy) is 1. The number of carbonyl (C=O) groups excluding carboxylic acids is 1. The quantitative estimate of drug-likeness (QED) is 0.813. The van der Waals surface area contributed by atoms with Crippen LogP contribution in [0.1, 0.15) is 16.1 Å². The molecule has 1 aromatic carbocycles. The summed E-state index contributed by atoms with van der Waals surface area (Å²) < 4.78 is 5.31. The highest BCUT2D eigenvalue weighted by Gasteiger charge is 2.11. The van der Waals surface area contributed by atoms with Crippen molar-refractivity contribution in [3.63, 3.8) is 0 Å². The molecule has 1 aliphatic rings. The maximum atomic E-state index is 12.2. The van der Waals surface area contributed by atoms with E-state index in [-0.39, 0.29) is 5.91 Å². The summed E-state index contributed by atoms with van der Waals surface area (Å²) in [6.07, 6.45) is 1.65. The smallest absolute Gasteiger partial charge is 0.269 e. The number of hydrogen-bond acceptors (Lipinski definition) is 5. The SMILES string of the molecule is Cc1ccc(Cl)cc1Nc1ccc(C(=O)NCCN2CCOCC2)nc1. The van der Waals surface area contributed by atoms with Crippen LogP contribution in [-0.4, -0.2) is 55.2 Å². The average molecular weight is 375 g/mol. The van der Waals surface area contributed by atoms with Gasteiger partial charge < -0.3 is 15.4 Å². The lowest BCUT2D eigenvalue weighted by atomic mass is 10.2. The molecular weight excluding hydrogens is 352 g/mol. The second-order valence-corrected chi connectivity index (χ2v) is 6.66. The van der Waals surface area contributed by atoms with Gasteiger partial charge in [0.2, 0.25) is 0 Å². The molecule has 1 fully saturated rings. The predicted octanol–water partition coefficient (Wildman–Crippen LogP) is 2.85. The minimum Gasteiger partial charge on any atom is -0.379 e. The average Bonchev–Trinajstić information content (AvgIpc) is 2.66. The van der Waals surface area contributed by atoms with Crippen molar-refractivity contribution < 1.29 is 9.53 Å². The number of morpholine rings is 1. The van der Waals surface area contributed by atoms with Gasteiger partial charge in [0.05, 0.1) is 25.1 Å². The summed E-state index contributed by atoms with van der Waals surface area (Å²) in [5.74, 6) is -0.163. The number of benzene rings is 1. The number of nitrogens with zero attached hydrogens (tertiary/aromatic N) is 2.